The second-order valence-electron chi connectivity index (χ2n) is 5.73. The molecule has 0 amide bonds. The molecule has 3 heteroatoms. The van der Waals surface area contributed by atoms with Crippen molar-refractivity contribution < 1.29 is 9.18 Å². The Kier molecular flexibility index (Phi) is 3.31. The van der Waals surface area contributed by atoms with Gasteiger partial charge in [-0.15, -0.1) is 0 Å². The second-order valence-corrected chi connectivity index (χ2v) is 5.73. The summed E-state index contributed by atoms with van der Waals surface area (Å²) >= 11 is 0. The molecule has 0 aliphatic heterocycles. The highest BCUT2D eigenvalue weighted by Crippen LogP contribution is 2.30. The highest BCUT2D eigenvalue weighted by atomic mass is 19.1. The molecule has 0 aliphatic rings. The van der Waals surface area contributed by atoms with Crippen molar-refractivity contribution in [3.05, 3.63) is 53.1 Å². The number of halogens is 1. The summed E-state index contributed by atoms with van der Waals surface area (Å²) in [7, 11) is 0. The lowest BCUT2D eigenvalue weighted by Crippen LogP contribution is -2.17. The monoisotopic (exact) mass is 259 g/mol. The van der Waals surface area contributed by atoms with E-state index >= 15 is 0 Å². The third-order valence-electron chi connectivity index (χ3n) is 3.28. The van der Waals surface area contributed by atoms with Crippen LogP contribution in [0.5, 0.6) is 0 Å². The van der Waals surface area contributed by atoms with Gasteiger partial charge in [0.05, 0.1) is 5.69 Å². The first kappa shape index (κ1) is 13.5. The molecule has 0 radical (unpaired) electrons. The third kappa shape index (κ3) is 2.33. The number of carbonyl (C=O) groups excluding carboxylic acids is 1. The van der Waals surface area contributed by atoms with Crippen molar-refractivity contribution in [1.29, 1.82) is 0 Å². The van der Waals surface area contributed by atoms with Crippen LogP contribution < -0.4 is 0 Å². The normalized spacial score (nSPS) is 11.6. The second kappa shape index (κ2) is 4.65. The summed E-state index contributed by atoms with van der Waals surface area (Å²) in [6.45, 7) is 7.99. The van der Waals surface area contributed by atoms with E-state index in [0.717, 1.165) is 17.7 Å². The minimum absolute atomic E-state index is 0.172. The molecule has 2 rings (SSSR count). The molecule has 1 heterocycles. The maximum Gasteiger partial charge on any atom is 0.151 e. The van der Waals surface area contributed by atoms with E-state index in [9.17, 15) is 9.18 Å². The molecule has 0 N–H and O–H groups in total. The molecule has 100 valence electrons. The van der Waals surface area contributed by atoms with E-state index in [1.807, 2.05) is 38.3 Å². The molecule has 0 saturated heterocycles. The summed E-state index contributed by atoms with van der Waals surface area (Å²) in [4.78, 5) is 11.1. The molecule has 0 atom stereocenters. The number of benzene rings is 1. The van der Waals surface area contributed by atoms with Gasteiger partial charge in [-0.3, -0.25) is 4.79 Å². The van der Waals surface area contributed by atoms with Gasteiger partial charge in [-0.25, -0.2) is 4.39 Å². The number of hydrogen-bond donors (Lipinski definition) is 0. The standard InChI is InChI=1S/C16H18FNO/c1-11-12(10-19)9-15(16(2,3)4)18(11)14-8-6-5-7-13(14)17/h5-10H,1-4H3. The highest BCUT2D eigenvalue weighted by molar-refractivity contribution is 5.78. The smallest absolute Gasteiger partial charge is 0.151 e. The van der Waals surface area contributed by atoms with E-state index in [-0.39, 0.29) is 11.2 Å². The molecule has 19 heavy (non-hydrogen) atoms. The fraction of sp³-hybridized carbons (Fsp3) is 0.312. The number of carbonyl (C=O) groups is 1. The first-order chi connectivity index (χ1) is 8.86. The Labute approximate surface area is 112 Å². The van der Waals surface area contributed by atoms with Gasteiger partial charge in [0.25, 0.3) is 0 Å². The van der Waals surface area contributed by atoms with Gasteiger partial charge < -0.3 is 4.57 Å². The predicted octanol–water partition coefficient (Wildman–Crippen LogP) is 4.03. The average Bonchev–Trinajstić information content (AvgIpc) is 2.67. The van der Waals surface area contributed by atoms with Crippen molar-refractivity contribution in [3.63, 3.8) is 0 Å². The Morgan fingerprint density at radius 2 is 1.84 bits per heavy atom. The summed E-state index contributed by atoms with van der Waals surface area (Å²) in [6.07, 6.45) is 0.821. The fourth-order valence-electron chi connectivity index (χ4n) is 2.24. The zero-order valence-electron chi connectivity index (χ0n) is 11.7. The lowest BCUT2D eigenvalue weighted by atomic mass is 9.91. The number of aldehydes is 1. The summed E-state index contributed by atoms with van der Waals surface area (Å²) < 4.78 is 15.9. The van der Waals surface area contributed by atoms with Crippen LogP contribution >= 0.6 is 0 Å². The maximum absolute atomic E-state index is 14.0. The average molecular weight is 259 g/mol. The number of nitrogens with zero attached hydrogens (tertiary/aromatic N) is 1. The van der Waals surface area contributed by atoms with Crippen molar-refractivity contribution in [3.8, 4) is 5.69 Å². The van der Waals surface area contributed by atoms with Crippen molar-refractivity contribution >= 4 is 6.29 Å². The van der Waals surface area contributed by atoms with Crippen LogP contribution in [-0.4, -0.2) is 10.9 Å². The van der Waals surface area contributed by atoms with E-state index in [1.165, 1.54) is 6.07 Å². The summed E-state index contributed by atoms with van der Waals surface area (Å²) in [5.74, 6) is -0.288. The van der Waals surface area contributed by atoms with E-state index in [1.54, 1.807) is 18.2 Å². The van der Waals surface area contributed by atoms with Crippen molar-refractivity contribution in [1.82, 2.24) is 4.57 Å². The molecule has 2 aromatic rings. The summed E-state index contributed by atoms with van der Waals surface area (Å²) in [5, 5.41) is 0. The molecule has 0 saturated carbocycles. The van der Waals surface area contributed by atoms with Crippen LogP contribution in [0.3, 0.4) is 0 Å². The van der Waals surface area contributed by atoms with E-state index in [0.29, 0.717) is 11.3 Å². The SMILES string of the molecule is Cc1c(C=O)cc(C(C)(C)C)n1-c1ccccc1F. The van der Waals surface area contributed by atoms with Gasteiger partial charge in [0, 0.05) is 22.4 Å². The Morgan fingerprint density at radius 3 is 2.37 bits per heavy atom. The molecule has 1 aromatic carbocycles. The number of aromatic nitrogens is 1. The minimum Gasteiger partial charge on any atom is -0.314 e. The minimum atomic E-state index is -0.288. The van der Waals surface area contributed by atoms with Crippen LogP contribution in [0.25, 0.3) is 5.69 Å². The Bertz CT molecular complexity index is 620. The molecule has 2 nitrogen and oxygen atoms in total. The number of hydrogen-bond acceptors (Lipinski definition) is 1. The molecule has 0 spiro atoms. The van der Waals surface area contributed by atoms with Gasteiger partial charge in [-0.1, -0.05) is 32.9 Å². The molecule has 0 unspecified atom stereocenters. The van der Waals surface area contributed by atoms with Gasteiger partial charge in [0.1, 0.15) is 5.82 Å². The van der Waals surface area contributed by atoms with Gasteiger partial charge in [0.15, 0.2) is 6.29 Å². The zero-order chi connectivity index (χ0) is 14.2. The van der Waals surface area contributed by atoms with Crippen LogP contribution in [-0.2, 0) is 5.41 Å². The quantitative estimate of drug-likeness (QED) is 0.746. The van der Waals surface area contributed by atoms with Crippen LogP contribution in [0.4, 0.5) is 4.39 Å². The van der Waals surface area contributed by atoms with Crippen molar-refractivity contribution in [2.45, 2.75) is 33.1 Å². The van der Waals surface area contributed by atoms with Gasteiger partial charge in [-0.05, 0) is 25.1 Å². The van der Waals surface area contributed by atoms with Crippen LogP contribution in [0.2, 0.25) is 0 Å². The van der Waals surface area contributed by atoms with Gasteiger partial charge in [0.2, 0.25) is 0 Å². The predicted molar refractivity (Wildman–Crippen MR) is 74.6 cm³/mol. The van der Waals surface area contributed by atoms with E-state index in [2.05, 4.69) is 0 Å². The third-order valence-corrected chi connectivity index (χ3v) is 3.28. The topological polar surface area (TPSA) is 22.0 Å². The Hall–Kier alpha value is -1.90. The molecule has 0 bridgehead atoms. The highest BCUT2D eigenvalue weighted by Gasteiger charge is 2.24. The molecule has 0 aliphatic carbocycles. The first-order valence-electron chi connectivity index (χ1n) is 6.29. The molecule has 0 fully saturated rings. The number of para-hydroxylation sites is 1. The van der Waals surface area contributed by atoms with Gasteiger partial charge in [-0.2, -0.15) is 0 Å². The Balaban J connectivity index is 2.79. The molecule has 1 aromatic heterocycles. The van der Waals surface area contributed by atoms with Crippen molar-refractivity contribution in [2.75, 3.05) is 0 Å². The maximum atomic E-state index is 14.0. The largest absolute Gasteiger partial charge is 0.314 e. The summed E-state index contributed by atoms with van der Waals surface area (Å²) in [6, 6.07) is 8.46. The first-order valence-corrected chi connectivity index (χ1v) is 6.29. The molecular formula is C16H18FNO. The lowest BCUT2D eigenvalue weighted by Gasteiger charge is -2.23. The van der Waals surface area contributed by atoms with E-state index < -0.39 is 0 Å². The van der Waals surface area contributed by atoms with Crippen molar-refractivity contribution in [2.24, 2.45) is 0 Å². The van der Waals surface area contributed by atoms with Crippen LogP contribution in [0.1, 0.15) is 42.5 Å². The molecular weight excluding hydrogens is 241 g/mol. The van der Waals surface area contributed by atoms with E-state index in [4.69, 9.17) is 0 Å². The van der Waals surface area contributed by atoms with Gasteiger partial charge >= 0.3 is 0 Å². The summed E-state index contributed by atoms with van der Waals surface area (Å²) in [5.41, 5.74) is 2.61. The lowest BCUT2D eigenvalue weighted by molar-refractivity contribution is 0.112. The fourth-order valence-corrected chi connectivity index (χ4v) is 2.24. The number of rotatable bonds is 2. The zero-order valence-corrected chi connectivity index (χ0v) is 11.7. The Morgan fingerprint density at radius 1 is 1.21 bits per heavy atom. The van der Waals surface area contributed by atoms with Crippen LogP contribution in [0, 0.1) is 12.7 Å². The van der Waals surface area contributed by atoms with Crippen LogP contribution in [0.15, 0.2) is 30.3 Å².